The number of ether oxygens (including phenoxy) is 2. The molecule has 2 aliphatic heterocycles. The first-order valence-electron chi connectivity index (χ1n) is 4.82. The van der Waals surface area contributed by atoms with Crippen molar-refractivity contribution in [1.29, 1.82) is 0 Å². The summed E-state index contributed by atoms with van der Waals surface area (Å²) in [6.45, 7) is 1.05. The second-order valence-corrected chi connectivity index (χ2v) is 3.49. The molecule has 0 saturated carbocycles. The van der Waals surface area contributed by atoms with Crippen molar-refractivity contribution < 1.29 is 9.47 Å². The monoisotopic (exact) mass is 205 g/mol. The van der Waals surface area contributed by atoms with Gasteiger partial charge in [0.25, 0.3) is 0 Å². The SMILES string of the molecule is NNC1=NCCc2cc3c(cc21)OCO3. The molecule has 0 spiro atoms. The predicted octanol–water partition coefficient (Wildman–Crippen LogP) is 0.181. The normalized spacial score (nSPS) is 17.0. The van der Waals surface area contributed by atoms with Gasteiger partial charge in [-0.1, -0.05) is 0 Å². The summed E-state index contributed by atoms with van der Waals surface area (Å²) in [6, 6.07) is 3.93. The highest BCUT2D eigenvalue weighted by Crippen LogP contribution is 2.35. The van der Waals surface area contributed by atoms with Gasteiger partial charge in [0, 0.05) is 12.1 Å². The smallest absolute Gasteiger partial charge is 0.231 e. The lowest BCUT2D eigenvalue weighted by molar-refractivity contribution is 0.174. The van der Waals surface area contributed by atoms with Crippen LogP contribution in [0.5, 0.6) is 11.5 Å². The summed E-state index contributed by atoms with van der Waals surface area (Å²) in [6.07, 6.45) is 0.914. The van der Waals surface area contributed by atoms with E-state index < -0.39 is 0 Å². The van der Waals surface area contributed by atoms with Crippen LogP contribution in [0.15, 0.2) is 17.1 Å². The Hall–Kier alpha value is -1.75. The van der Waals surface area contributed by atoms with Crippen LogP contribution < -0.4 is 20.7 Å². The van der Waals surface area contributed by atoms with Crippen LogP contribution in [0.4, 0.5) is 0 Å². The minimum atomic E-state index is 0.292. The molecule has 0 fully saturated rings. The van der Waals surface area contributed by atoms with Crippen molar-refractivity contribution in [3.05, 3.63) is 23.3 Å². The van der Waals surface area contributed by atoms with E-state index in [-0.39, 0.29) is 0 Å². The number of hydrogen-bond acceptors (Lipinski definition) is 5. The zero-order chi connectivity index (χ0) is 10.3. The molecule has 0 aromatic heterocycles. The van der Waals surface area contributed by atoms with Crippen molar-refractivity contribution in [2.24, 2.45) is 10.8 Å². The maximum atomic E-state index is 5.41. The first-order valence-corrected chi connectivity index (χ1v) is 4.82. The van der Waals surface area contributed by atoms with Gasteiger partial charge in [0.15, 0.2) is 11.5 Å². The fraction of sp³-hybridized carbons (Fsp3) is 0.300. The summed E-state index contributed by atoms with van der Waals surface area (Å²) in [5.41, 5.74) is 4.81. The van der Waals surface area contributed by atoms with Crippen LogP contribution in [-0.2, 0) is 6.42 Å². The second kappa shape index (κ2) is 3.13. The Morgan fingerprint density at radius 1 is 1.27 bits per heavy atom. The van der Waals surface area contributed by atoms with Crippen molar-refractivity contribution in [1.82, 2.24) is 5.43 Å². The van der Waals surface area contributed by atoms with Crippen molar-refractivity contribution in [3.8, 4) is 11.5 Å². The number of rotatable bonds is 0. The molecule has 2 heterocycles. The molecule has 0 radical (unpaired) electrons. The lowest BCUT2D eigenvalue weighted by Crippen LogP contribution is -2.33. The lowest BCUT2D eigenvalue weighted by atomic mass is 10.0. The highest BCUT2D eigenvalue weighted by Gasteiger charge is 2.21. The molecule has 0 unspecified atom stereocenters. The standard InChI is InChI=1S/C10H11N3O2/c11-13-10-7-4-9-8(14-5-15-9)3-6(7)1-2-12-10/h3-4H,1-2,5,11H2,(H,12,13). The Morgan fingerprint density at radius 2 is 2.07 bits per heavy atom. The van der Waals surface area contributed by atoms with E-state index in [0.717, 1.165) is 35.9 Å². The number of benzene rings is 1. The molecule has 3 N–H and O–H groups in total. The maximum absolute atomic E-state index is 5.41. The summed E-state index contributed by atoms with van der Waals surface area (Å²) >= 11 is 0. The number of aliphatic imine (C=N–C) groups is 1. The summed E-state index contributed by atoms with van der Waals surface area (Å²) in [5, 5.41) is 0. The van der Waals surface area contributed by atoms with E-state index in [0.29, 0.717) is 6.79 Å². The highest BCUT2D eigenvalue weighted by molar-refractivity contribution is 6.01. The largest absolute Gasteiger partial charge is 0.454 e. The van der Waals surface area contributed by atoms with E-state index in [2.05, 4.69) is 10.4 Å². The van der Waals surface area contributed by atoms with Gasteiger partial charge in [-0.2, -0.15) is 0 Å². The Balaban J connectivity index is 2.14. The first-order chi connectivity index (χ1) is 7.38. The highest BCUT2D eigenvalue weighted by atomic mass is 16.7. The summed E-state index contributed by atoms with van der Waals surface area (Å²) in [4.78, 5) is 4.30. The van der Waals surface area contributed by atoms with E-state index in [1.54, 1.807) is 0 Å². The Morgan fingerprint density at radius 3 is 2.87 bits per heavy atom. The van der Waals surface area contributed by atoms with Gasteiger partial charge in [-0.3, -0.25) is 4.99 Å². The van der Waals surface area contributed by atoms with Crippen molar-refractivity contribution in [3.63, 3.8) is 0 Å². The zero-order valence-electron chi connectivity index (χ0n) is 8.12. The van der Waals surface area contributed by atoms with E-state index >= 15 is 0 Å². The van der Waals surface area contributed by atoms with Gasteiger partial charge in [0.2, 0.25) is 6.79 Å². The topological polar surface area (TPSA) is 68.9 Å². The van der Waals surface area contributed by atoms with Gasteiger partial charge in [-0.15, -0.1) is 0 Å². The second-order valence-electron chi connectivity index (χ2n) is 3.49. The molecule has 78 valence electrons. The quantitative estimate of drug-likeness (QED) is 0.468. The molecular weight excluding hydrogens is 194 g/mol. The molecule has 0 aliphatic carbocycles. The van der Waals surface area contributed by atoms with Crippen LogP contribution in [0.3, 0.4) is 0 Å². The fourth-order valence-electron chi connectivity index (χ4n) is 1.91. The van der Waals surface area contributed by atoms with Crippen LogP contribution >= 0.6 is 0 Å². The van der Waals surface area contributed by atoms with Crippen molar-refractivity contribution in [2.45, 2.75) is 6.42 Å². The number of nitrogens with one attached hydrogen (secondary N) is 1. The van der Waals surface area contributed by atoms with Gasteiger partial charge in [-0.25, -0.2) is 5.84 Å². The predicted molar refractivity (Wildman–Crippen MR) is 55.0 cm³/mol. The molecular formula is C10H11N3O2. The average molecular weight is 205 g/mol. The summed E-state index contributed by atoms with van der Waals surface area (Å²) in [5.74, 6) is 7.70. The molecule has 5 heteroatoms. The molecule has 0 saturated heterocycles. The Labute approximate surface area is 86.9 Å². The average Bonchev–Trinajstić information content (AvgIpc) is 2.72. The Bertz CT molecular complexity index is 443. The van der Waals surface area contributed by atoms with Gasteiger partial charge in [0.05, 0.1) is 0 Å². The molecule has 0 bridgehead atoms. The number of fused-ring (bicyclic) bond motifs is 2. The van der Waals surface area contributed by atoms with Gasteiger partial charge >= 0.3 is 0 Å². The minimum Gasteiger partial charge on any atom is -0.454 e. The van der Waals surface area contributed by atoms with Crippen LogP contribution in [0.25, 0.3) is 0 Å². The van der Waals surface area contributed by atoms with Crippen molar-refractivity contribution in [2.75, 3.05) is 13.3 Å². The molecule has 0 atom stereocenters. The number of hydrazine groups is 1. The Kier molecular flexibility index (Phi) is 1.78. The van der Waals surface area contributed by atoms with Gasteiger partial charge < -0.3 is 14.9 Å². The third-order valence-corrected chi connectivity index (χ3v) is 2.64. The molecule has 2 aliphatic rings. The number of nitrogens with zero attached hydrogens (tertiary/aromatic N) is 1. The molecule has 15 heavy (non-hydrogen) atoms. The van der Waals surface area contributed by atoms with E-state index in [1.165, 1.54) is 5.56 Å². The van der Waals surface area contributed by atoms with E-state index in [1.807, 2.05) is 12.1 Å². The molecule has 0 amide bonds. The van der Waals surface area contributed by atoms with Crippen molar-refractivity contribution >= 4 is 5.84 Å². The first kappa shape index (κ1) is 8.55. The van der Waals surface area contributed by atoms with Gasteiger partial charge in [-0.05, 0) is 24.1 Å². The number of hydrogen-bond donors (Lipinski definition) is 2. The number of nitrogens with two attached hydrogens (primary N) is 1. The van der Waals surface area contributed by atoms with Crippen LogP contribution in [0.1, 0.15) is 11.1 Å². The van der Waals surface area contributed by atoms with Gasteiger partial charge in [0.1, 0.15) is 5.84 Å². The molecule has 5 nitrogen and oxygen atoms in total. The maximum Gasteiger partial charge on any atom is 0.231 e. The van der Waals surface area contributed by atoms with E-state index in [4.69, 9.17) is 15.3 Å². The molecule has 1 aromatic rings. The fourth-order valence-corrected chi connectivity index (χ4v) is 1.91. The van der Waals surface area contributed by atoms with E-state index in [9.17, 15) is 0 Å². The van der Waals surface area contributed by atoms with Crippen LogP contribution in [0, 0.1) is 0 Å². The summed E-state index contributed by atoms with van der Waals surface area (Å²) in [7, 11) is 0. The zero-order valence-corrected chi connectivity index (χ0v) is 8.12. The molecule has 1 aromatic carbocycles. The van der Waals surface area contributed by atoms with Crippen LogP contribution in [0.2, 0.25) is 0 Å². The summed E-state index contributed by atoms with van der Waals surface area (Å²) < 4.78 is 10.6. The lowest BCUT2D eigenvalue weighted by Gasteiger charge is -2.16. The minimum absolute atomic E-state index is 0.292. The third-order valence-electron chi connectivity index (χ3n) is 2.64. The number of amidine groups is 1. The van der Waals surface area contributed by atoms with Crippen LogP contribution in [-0.4, -0.2) is 19.2 Å². The molecule has 3 rings (SSSR count). The third kappa shape index (κ3) is 1.24.